The second-order valence-electron chi connectivity index (χ2n) is 4.76. The average Bonchev–Trinajstić information content (AvgIpc) is 2.97. The maximum absolute atomic E-state index is 12.8. The number of ether oxygens (including phenoxy) is 1. The molecule has 23 heavy (non-hydrogen) atoms. The fourth-order valence-corrected chi connectivity index (χ4v) is 3.59. The van der Waals surface area contributed by atoms with Crippen LogP contribution in [0, 0.1) is 0 Å². The lowest BCUT2D eigenvalue weighted by Gasteiger charge is -2.15. The number of esters is 1. The van der Waals surface area contributed by atoms with E-state index in [1.807, 2.05) is 0 Å². The van der Waals surface area contributed by atoms with Gasteiger partial charge in [0.2, 0.25) is 0 Å². The van der Waals surface area contributed by atoms with Gasteiger partial charge in [-0.2, -0.15) is 0 Å². The Morgan fingerprint density at radius 2 is 2.09 bits per heavy atom. The van der Waals surface area contributed by atoms with E-state index in [9.17, 15) is 14.4 Å². The number of amides is 2. The number of hydrogen-bond donors (Lipinski definition) is 1. The van der Waals surface area contributed by atoms with Gasteiger partial charge in [0, 0.05) is 5.56 Å². The molecule has 8 heteroatoms. The molecule has 2 aliphatic heterocycles. The number of rotatable bonds is 3. The summed E-state index contributed by atoms with van der Waals surface area (Å²) >= 11 is 6.03. The lowest BCUT2D eigenvalue weighted by atomic mass is 10.1. The van der Waals surface area contributed by atoms with Crippen LogP contribution in [0.3, 0.4) is 0 Å². The second kappa shape index (κ2) is 6.13. The Labute approximate surface area is 141 Å². The Bertz CT molecular complexity index is 772. The van der Waals surface area contributed by atoms with Crippen LogP contribution in [0.1, 0.15) is 12.5 Å². The molecule has 1 saturated heterocycles. The van der Waals surface area contributed by atoms with E-state index < -0.39 is 17.8 Å². The van der Waals surface area contributed by atoms with Gasteiger partial charge in [-0.3, -0.25) is 19.3 Å². The summed E-state index contributed by atoms with van der Waals surface area (Å²) in [5, 5.41) is 2.51. The van der Waals surface area contributed by atoms with E-state index in [1.54, 1.807) is 31.2 Å². The summed E-state index contributed by atoms with van der Waals surface area (Å²) in [4.78, 5) is 38.1. The van der Waals surface area contributed by atoms with Crippen molar-refractivity contribution < 1.29 is 19.1 Å². The predicted octanol–water partition coefficient (Wildman–Crippen LogP) is 1.46. The van der Waals surface area contributed by atoms with Crippen molar-refractivity contribution in [1.82, 2.24) is 5.32 Å². The number of nitrogens with one attached hydrogen (secondary N) is 1. The molecule has 0 radical (unpaired) electrons. The van der Waals surface area contributed by atoms with Gasteiger partial charge in [0.05, 0.1) is 22.8 Å². The van der Waals surface area contributed by atoms with Crippen LogP contribution in [-0.4, -0.2) is 35.3 Å². The van der Waals surface area contributed by atoms with E-state index in [2.05, 4.69) is 5.32 Å². The van der Waals surface area contributed by atoms with Crippen LogP contribution < -0.4 is 10.2 Å². The third-order valence-electron chi connectivity index (χ3n) is 3.36. The molecule has 0 saturated carbocycles. The Hall–Kier alpha value is -2.19. The molecule has 3 rings (SSSR count). The van der Waals surface area contributed by atoms with Gasteiger partial charge in [-0.05, 0) is 13.0 Å². The number of thiocarbonyl (C=S) groups is 1. The first-order valence-electron chi connectivity index (χ1n) is 6.87. The minimum absolute atomic E-state index is 0.197. The van der Waals surface area contributed by atoms with Crippen LogP contribution in [0.4, 0.5) is 5.69 Å². The molecular formula is C15H12N2O4S2. The zero-order valence-electron chi connectivity index (χ0n) is 12.1. The summed E-state index contributed by atoms with van der Waals surface area (Å²) in [5.74, 6) is -1.29. The molecule has 0 bridgehead atoms. The van der Waals surface area contributed by atoms with E-state index in [1.165, 1.54) is 4.90 Å². The van der Waals surface area contributed by atoms with E-state index in [-0.39, 0.29) is 23.6 Å². The van der Waals surface area contributed by atoms with Crippen molar-refractivity contribution >= 4 is 57.3 Å². The Morgan fingerprint density at radius 3 is 2.74 bits per heavy atom. The topological polar surface area (TPSA) is 75.7 Å². The van der Waals surface area contributed by atoms with Gasteiger partial charge in [0.1, 0.15) is 10.9 Å². The molecule has 0 unspecified atom stereocenters. The third-order valence-corrected chi connectivity index (χ3v) is 4.59. The SMILES string of the molecule is CCOC(=O)CN1C(=O)/C(=C2\SC(=S)NC2=O)c2ccccc21. The van der Waals surface area contributed by atoms with Crippen molar-refractivity contribution in [3.63, 3.8) is 0 Å². The number of fused-ring (bicyclic) bond motifs is 1. The van der Waals surface area contributed by atoms with Crippen LogP contribution in [0.25, 0.3) is 5.57 Å². The highest BCUT2D eigenvalue weighted by Gasteiger charge is 2.39. The largest absolute Gasteiger partial charge is 0.465 e. The molecule has 0 aromatic heterocycles. The number of benzene rings is 1. The molecule has 1 aromatic rings. The van der Waals surface area contributed by atoms with E-state index in [0.29, 0.717) is 15.6 Å². The van der Waals surface area contributed by atoms with Gasteiger partial charge < -0.3 is 10.1 Å². The van der Waals surface area contributed by atoms with Gasteiger partial charge in [-0.1, -0.05) is 42.2 Å². The highest BCUT2D eigenvalue weighted by Crippen LogP contribution is 2.42. The third kappa shape index (κ3) is 2.75. The first kappa shape index (κ1) is 15.7. The van der Waals surface area contributed by atoms with Crippen LogP contribution in [-0.2, 0) is 19.1 Å². The highest BCUT2D eigenvalue weighted by atomic mass is 32.2. The molecular weight excluding hydrogens is 336 g/mol. The summed E-state index contributed by atoms with van der Waals surface area (Å²) < 4.78 is 5.22. The molecule has 2 heterocycles. The minimum atomic E-state index is -0.499. The fourth-order valence-electron chi connectivity index (χ4n) is 2.47. The van der Waals surface area contributed by atoms with Crippen LogP contribution in [0.15, 0.2) is 29.2 Å². The monoisotopic (exact) mass is 348 g/mol. The number of thioether (sulfide) groups is 1. The van der Waals surface area contributed by atoms with Gasteiger partial charge >= 0.3 is 5.97 Å². The van der Waals surface area contributed by atoms with Gasteiger partial charge in [-0.15, -0.1) is 0 Å². The number of anilines is 1. The number of para-hydroxylation sites is 1. The molecule has 1 aromatic carbocycles. The second-order valence-corrected chi connectivity index (χ2v) is 6.45. The van der Waals surface area contributed by atoms with E-state index in [4.69, 9.17) is 17.0 Å². The number of hydrogen-bond acceptors (Lipinski definition) is 6. The zero-order valence-corrected chi connectivity index (χ0v) is 13.8. The van der Waals surface area contributed by atoms with Crippen molar-refractivity contribution in [3.05, 3.63) is 34.7 Å². The normalized spacial score (nSPS) is 19.9. The Morgan fingerprint density at radius 1 is 1.35 bits per heavy atom. The molecule has 0 spiro atoms. The molecule has 2 amide bonds. The van der Waals surface area contributed by atoms with Crippen molar-refractivity contribution in [2.24, 2.45) is 0 Å². The van der Waals surface area contributed by atoms with E-state index >= 15 is 0 Å². The quantitative estimate of drug-likeness (QED) is 0.506. The zero-order chi connectivity index (χ0) is 16.6. The average molecular weight is 348 g/mol. The van der Waals surface area contributed by atoms with Crippen LogP contribution in [0.5, 0.6) is 0 Å². The summed E-state index contributed by atoms with van der Waals surface area (Å²) in [5.41, 5.74) is 1.47. The molecule has 1 fully saturated rings. The first-order valence-corrected chi connectivity index (χ1v) is 8.09. The Balaban J connectivity index is 2.06. The molecule has 2 aliphatic rings. The maximum Gasteiger partial charge on any atom is 0.326 e. The lowest BCUT2D eigenvalue weighted by molar-refractivity contribution is -0.142. The van der Waals surface area contributed by atoms with Crippen molar-refractivity contribution in [3.8, 4) is 0 Å². The molecule has 0 aliphatic carbocycles. The van der Waals surface area contributed by atoms with Crippen LogP contribution >= 0.6 is 24.0 Å². The van der Waals surface area contributed by atoms with Crippen molar-refractivity contribution in [2.75, 3.05) is 18.1 Å². The molecule has 118 valence electrons. The number of carbonyl (C=O) groups excluding carboxylic acids is 3. The van der Waals surface area contributed by atoms with E-state index in [0.717, 1.165) is 11.8 Å². The standard InChI is InChI=1S/C15H12N2O4S2/c1-2-21-10(18)7-17-9-6-4-3-5-8(9)11(14(17)20)12-13(19)16-15(22)23-12/h3-6H,2,7H2,1H3,(H,16,19,22)/b12-11-. The fraction of sp³-hybridized carbons (Fsp3) is 0.200. The van der Waals surface area contributed by atoms with Gasteiger partial charge in [0.15, 0.2) is 0 Å². The Kier molecular flexibility index (Phi) is 4.18. The predicted molar refractivity (Wildman–Crippen MR) is 90.7 cm³/mol. The maximum atomic E-state index is 12.8. The molecule has 1 N–H and O–H groups in total. The summed E-state index contributed by atoms with van der Waals surface area (Å²) in [6.45, 7) is 1.74. The van der Waals surface area contributed by atoms with Crippen molar-refractivity contribution in [2.45, 2.75) is 6.92 Å². The number of nitrogens with zero attached hydrogens (tertiary/aromatic N) is 1. The minimum Gasteiger partial charge on any atom is -0.465 e. The highest BCUT2D eigenvalue weighted by molar-refractivity contribution is 8.27. The summed E-state index contributed by atoms with van der Waals surface area (Å²) in [6.07, 6.45) is 0. The molecule has 0 atom stereocenters. The van der Waals surface area contributed by atoms with Gasteiger partial charge in [0.25, 0.3) is 11.8 Å². The number of carbonyl (C=O) groups is 3. The smallest absolute Gasteiger partial charge is 0.326 e. The van der Waals surface area contributed by atoms with Crippen molar-refractivity contribution in [1.29, 1.82) is 0 Å². The van der Waals surface area contributed by atoms with Crippen LogP contribution in [0.2, 0.25) is 0 Å². The first-order chi connectivity index (χ1) is 11.0. The summed E-state index contributed by atoms with van der Waals surface area (Å²) in [6, 6.07) is 7.02. The summed E-state index contributed by atoms with van der Waals surface area (Å²) in [7, 11) is 0. The molecule has 6 nitrogen and oxygen atoms in total. The lowest BCUT2D eigenvalue weighted by Crippen LogP contribution is -2.33. The van der Waals surface area contributed by atoms with Gasteiger partial charge in [-0.25, -0.2) is 0 Å².